The zero-order valence-corrected chi connectivity index (χ0v) is 9.84. The van der Waals surface area contributed by atoms with E-state index in [9.17, 15) is 4.79 Å². The number of benzene rings is 1. The van der Waals surface area contributed by atoms with Gasteiger partial charge in [-0.05, 0) is 30.2 Å². The van der Waals surface area contributed by atoms with Crippen molar-refractivity contribution in [3.8, 4) is 0 Å². The molecule has 1 unspecified atom stereocenters. The predicted molar refractivity (Wildman–Crippen MR) is 67.6 cm³/mol. The van der Waals surface area contributed by atoms with Crippen LogP contribution in [0.4, 0.5) is 0 Å². The van der Waals surface area contributed by atoms with E-state index in [1.54, 1.807) is 0 Å². The molecule has 1 amide bonds. The van der Waals surface area contributed by atoms with Gasteiger partial charge in [0.15, 0.2) is 0 Å². The van der Waals surface area contributed by atoms with Gasteiger partial charge < -0.3 is 10.3 Å². The fourth-order valence-electron chi connectivity index (χ4n) is 1.81. The van der Waals surface area contributed by atoms with E-state index in [1.165, 1.54) is 5.56 Å². The first-order valence-electron chi connectivity index (χ1n) is 5.66. The molecule has 1 heterocycles. The average molecular weight is 228 g/mol. The number of nitrogens with zero attached hydrogens (tertiary/aromatic N) is 1. The van der Waals surface area contributed by atoms with Crippen molar-refractivity contribution < 1.29 is 4.79 Å². The molecule has 3 heteroatoms. The molecule has 0 spiro atoms. The second kappa shape index (κ2) is 4.87. The van der Waals surface area contributed by atoms with Crippen LogP contribution in [-0.4, -0.2) is 10.5 Å². The summed E-state index contributed by atoms with van der Waals surface area (Å²) in [4.78, 5) is 11.1. The van der Waals surface area contributed by atoms with Gasteiger partial charge in [0.25, 0.3) is 0 Å². The summed E-state index contributed by atoms with van der Waals surface area (Å²) in [6.07, 6.45) is 4.04. The normalized spacial score (nSPS) is 12.3. The predicted octanol–water partition coefficient (Wildman–Crippen LogP) is 2.13. The van der Waals surface area contributed by atoms with Gasteiger partial charge in [0.2, 0.25) is 5.91 Å². The van der Waals surface area contributed by atoms with E-state index in [0.29, 0.717) is 0 Å². The Balaban J connectivity index is 2.19. The van der Waals surface area contributed by atoms with E-state index >= 15 is 0 Å². The molecule has 0 fully saturated rings. The number of nitrogens with two attached hydrogens (primary N) is 1. The SMILES string of the molecule is CC(C(N)=O)c1cccc(Cn2cccc2)c1. The molecule has 2 aromatic rings. The summed E-state index contributed by atoms with van der Waals surface area (Å²) in [5.41, 5.74) is 7.46. The maximum Gasteiger partial charge on any atom is 0.224 e. The highest BCUT2D eigenvalue weighted by Crippen LogP contribution is 2.16. The standard InChI is InChI=1S/C14H16N2O/c1-11(14(15)17)13-6-4-5-12(9-13)10-16-7-2-3-8-16/h2-9,11H,10H2,1H3,(H2,15,17). The molecule has 0 aliphatic heterocycles. The summed E-state index contributed by atoms with van der Waals surface area (Å²) < 4.78 is 2.09. The lowest BCUT2D eigenvalue weighted by molar-refractivity contribution is -0.119. The molecule has 2 rings (SSSR count). The topological polar surface area (TPSA) is 48.0 Å². The molecule has 17 heavy (non-hydrogen) atoms. The highest BCUT2D eigenvalue weighted by molar-refractivity contribution is 5.81. The first-order valence-corrected chi connectivity index (χ1v) is 5.66. The fourth-order valence-corrected chi connectivity index (χ4v) is 1.81. The van der Waals surface area contributed by atoms with E-state index in [2.05, 4.69) is 10.6 Å². The van der Waals surface area contributed by atoms with Crippen LogP contribution in [0.15, 0.2) is 48.8 Å². The van der Waals surface area contributed by atoms with E-state index < -0.39 is 0 Å². The van der Waals surface area contributed by atoms with Crippen LogP contribution in [0.3, 0.4) is 0 Å². The summed E-state index contributed by atoms with van der Waals surface area (Å²) in [5, 5.41) is 0. The van der Waals surface area contributed by atoms with Crippen molar-refractivity contribution in [3.05, 3.63) is 59.9 Å². The summed E-state index contributed by atoms with van der Waals surface area (Å²) in [6, 6.07) is 12.0. The van der Waals surface area contributed by atoms with Crippen LogP contribution in [0.1, 0.15) is 24.0 Å². The van der Waals surface area contributed by atoms with Crippen molar-refractivity contribution in [1.82, 2.24) is 4.57 Å². The molecule has 1 aromatic carbocycles. The molecular weight excluding hydrogens is 212 g/mol. The molecule has 0 saturated heterocycles. The van der Waals surface area contributed by atoms with Crippen molar-refractivity contribution in [2.75, 3.05) is 0 Å². The Morgan fingerprint density at radius 2 is 2.00 bits per heavy atom. The maximum absolute atomic E-state index is 11.1. The van der Waals surface area contributed by atoms with Crippen LogP contribution in [-0.2, 0) is 11.3 Å². The first-order chi connectivity index (χ1) is 8.16. The Labute approximate surface area is 101 Å². The lowest BCUT2D eigenvalue weighted by Gasteiger charge is -2.10. The van der Waals surface area contributed by atoms with E-state index in [0.717, 1.165) is 12.1 Å². The van der Waals surface area contributed by atoms with Gasteiger partial charge in [-0.1, -0.05) is 24.3 Å². The molecule has 0 bridgehead atoms. The minimum atomic E-state index is -0.289. The van der Waals surface area contributed by atoms with Crippen LogP contribution in [0.5, 0.6) is 0 Å². The largest absolute Gasteiger partial charge is 0.369 e. The number of carbonyl (C=O) groups excluding carboxylic acids is 1. The summed E-state index contributed by atoms with van der Waals surface area (Å²) >= 11 is 0. The van der Waals surface area contributed by atoms with Crippen molar-refractivity contribution >= 4 is 5.91 Å². The van der Waals surface area contributed by atoms with E-state index in [4.69, 9.17) is 5.73 Å². The molecule has 3 nitrogen and oxygen atoms in total. The van der Waals surface area contributed by atoms with Gasteiger partial charge >= 0.3 is 0 Å². The first kappa shape index (κ1) is 11.5. The average Bonchev–Trinajstić information content (AvgIpc) is 2.81. The summed E-state index contributed by atoms with van der Waals surface area (Å²) in [7, 11) is 0. The molecular formula is C14H16N2O. The smallest absolute Gasteiger partial charge is 0.224 e. The second-order valence-electron chi connectivity index (χ2n) is 4.22. The molecule has 1 aromatic heterocycles. The Kier molecular flexibility index (Phi) is 3.28. The number of hydrogen-bond acceptors (Lipinski definition) is 1. The Bertz CT molecular complexity index is 503. The zero-order valence-electron chi connectivity index (χ0n) is 9.84. The minimum absolute atomic E-state index is 0.236. The second-order valence-corrected chi connectivity index (χ2v) is 4.22. The summed E-state index contributed by atoms with van der Waals surface area (Å²) in [6.45, 7) is 2.64. The van der Waals surface area contributed by atoms with Gasteiger partial charge in [-0.2, -0.15) is 0 Å². The molecule has 88 valence electrons. The highest BCUT2D eigenvalue weighted by Gasteiger charge is 2.11. The van der Waals surface area contributed by atoms with Crippen LogP contribution in [0.2, 0.25) is 0 Å². The highest BCUT2D eigenvalue weighted by atomic mass is 16.1. The van der Waals surface area contributed by atoms with Gasteiger partial charge in [-0.25, -0.2) is 0 Å². The number of amides is 1. The van der Waals surface area contributed by atoms with Crippen LogP contribution in [0, 0.1) is 0 Å². The van der Waals surface area contributed by atoms with Crippen LogP contribution < -0.4 is 5.73 Å². The molecule has 0 saturated carbocycles. The number of aromatic nitrogens is 1. The molecule has 0 radical (unpaired) electrons. The lowest BCUT2D eigenvalue weighted by atomic mass is 9.98. The number of primary amides is 1. The third kappa shape index (κ3) is 2.75. The molecule has 0 aliphatic carbocycles. The van der Waals surface area contributed by atoms with Crippen LogP contribution >= 0.6 is 0 Å². The van der Waals surface area contributed by atoms with Crippen molar-refractivity contribution in [3.63, 3.8) is 0 Å². The molecule has 1 atom stereocenters. The van der Waals surface area contributed by atoms with Gasteiger partial charge in [-0.15, -0.1) is 0 Å². The number of carbonyl (C=O) groups is 1. The fraction of sp³-hybridized carbons (Fsp3) is 0.214. The van der Waals surface area contributed by atoms with Gasteiger partial charge in [0, 0.05) is 18.9 Å². The van der Waals surface area contributed by atoms with E-state index in [1.807, 2.05) is 49.6 Å². The Hall–Kier alpha value is -2.03. The third-order valence-electron chi connectivity index (χ3n) is 2.91. The maximum atomic E-state index is 11.1. The molecule has 0 aliphatic rings. The van der Waals surface area contributed by atoms with Crippen molar-refractivity contribution in [2.24, 2.45) is 5.73 Å². The molecule has 2 N–H and O–H groups in total. The van der Waals surface area contributed by atoms with Gasteiger partial charge in [0.1, 0.15) is 0 Å². The monoisotopic (exact) mass is 228 g/mol. The number of hydrogen-bond donors (Lipinski definition) is 1. The van der Waals surface area contributed by atoms with Crippen molar-refractivity contribution in [1.29, 1.82) is 0 Å². The van der Waals surface area contributed by atoms with Crippen LogP contribution in [0.25, 0.3) is 0 Å². The Morgan fingerprint density at radius 3 is 2.65 bits per heavy atom. The number of rotatable bonds is 4. The quantitative estimate of drug-likeness (QED) is 0.856. The Morgan fingerprint density at radius 1 is 1.29 bits per heavy atom. The zero-order chi connectivity index (χ0) is 12.3. The third-order valence-corrected chi connectivity index (χ3v) is 2.91. The van der Waals surface area contributed by atoms with Gasteiger partial charge in [0.05, 0.1) is 5.92 Å². The minimum Gasteiger partial charge on any atom is -0.369 e. The van der Waals surface area contributed by atoms with E-state index in [-0.39, 0.29) is 11.8 Å². The van der Waals surface area contributed by atoms with Gasteiger partial charge in [-0.3, -0.25) is 4.79 Å². The summed E-state index contributed by atoms with van der Waals surface area (Å²) in [5.74, 6) is -0.525. The van der Waals surface area contributed by atoms with Crippen molar-refractivity contribution in [2.45, 2.75) is 19.4 Å². The lowest BCUT2D eigenvalue weighted by Crippen LogP contribution is -2.18.